The number of benzene rings is 6. The fraction of sp³-hybridized carbons (Fsp3) is 0.415. The number of hydrogen-bond acceptors (Lipinski definition) is 18. The molecule has 2 N–H and O–H groups in total. The molecule has 0 radical (unpaired) electrons. The van der Waals surface area contributed by atoms with E-state index in [4.69, 9.17) is 67.1 Å². The maximum atomic E-state index is 15.1. The molecule has 6 aromatic carbocycles. The minimum absolute atomic E-state index is 0.0302. The molecule has 0 aliphatic carbocycles. The lowest BCUT2D eigenvalue weighted by molar-refractivity contribution is -0.396. The van der Waals surface area contributed by atoms with Crippen molar-refractivity contribution in [2.45, 2.75) is 132 Å². The van der Waals surface area contributed by atoms with E-state index in [9.17, 15) is 10.2 Å². The Morgan fingerprint density at radius 2 is 1.07 bits per heavy atom. The molecule has 11 rings (SSSR count). The highest BCUT2D eigenvalue weighted by atomic mass is 16.8. The number of azide groups is 1. The smallest absolute Gasteiger partial charge is 0.262 e. The molecular formula is C65H70N4O17. The van der Waals surface area contributed by atoms with Gasteiger partial charge >= 0.3 is 0 Å². The van der Waals surface area contributed by atoms with E-state index < -0.39 is 110 Å². The lowest BCUT2D eigenvalue weighted by atomic mass is 9.93. The van der Waals surface area contributed by atoms with Gasteiger partial charge in [0.15, 0.2) is 25.2 Å². The minimum atomic E-state index is -1.77. The Kier molecular flexibility index (Phi) is 21.0. The fourth-order valence-electron chi connectivity index (χ4n) is 11.3. The molecule has 5 heterocycles. The van der Waals surface area contributed by atoms with E-state index in [2.05, 4.69) is 10.0 Å². The summed E-state index contributed by atoms with van der Waals surface area (Å²) in [6, 6.07) is 52.5. The van der Waals surface area contributed by atoms with Crippen molar-refractivity contribution in [3.8, 4) is 0 Å². The highest BCUT2D eigenvalue weighted by Crippen LogP contribution is 2.42. The van der Waals surface area contributed by atoms with Gasteiger partial charge in [-0.3, -0.25) is 14.5 Å². The number of imide groups is 1. The molecule has 5 aliphatic rings. The lowest BCUT2D eigenvalue weighted by Crippen LogP contribution is -2.71. The average Bonchev–Trinajstić information content (AvgIpc) is 1.54. The van der Waals surface area contributed by atoms with E-state index in [0.717, 1.165) is 27.2 Å². The number of hydrogen-bond donors (Lipinski definition) is 2. The van der Waals surface area contributed by atoms with Crippen LogP contribution in [0.3, 0.4) is 0 Å². The number of ether oxygens (including phenoxy) is 13. The van der Waals surface area contributed by atoms with Crippen molar-refractivity contribution in [1.82, 2.24) is 4.90 Å². The van der Waals surface area contributed by atoms with Gasteiger partial charge in [0.25, 0.3) is 11.8 Å². The molecule has 5 aliphatic heterocycles. The van der Waals surface area contributed by atoms with Crippen LogP contribution in [-0.4, -0.2) is 159 Å². The standard InChI is InChI=1S/C65H70N4O17/c1-41-54(77-36-43-21-9-3-10-22-43)58(78-37-44-23-11-4-12-24-44)59(79-38-45-25-13-5-14-26-45)65(81-41)86-57-51(69-60(72)47-29-17-18-30-48(47)61(69)73)63(76-34-33-74-32-31-67-68-66)82-49(39-75-35-42-19-7-2-8-20-42)56(57)85-64-53(71)52(70)55-50(83-64)40-80-62(84-55)46-27-15-6-16-28-46/h2-30,41,49-59,62-65,70-71H,31-40H2,1H3/t41-,49+,50+,51+,52+,53+,54+,55-,56+,57+,58+,59-,62-,63+,64-,65-/m0/s1. The number of carbonyl (C=O) groups is 2. The molecule has 0 bridgehead atoms. The summed E-state index contributed by atoms with van der Waals surface area (Å²) < 4.78 is 87.2. The average molecular weight is 1180 g/mol. The minimum Gasteiger partial charge on any atom is -0.387 e. The fourth-order valence-corrected chi connectivity index (χ4v) is 11.3. The Hall–Kier alpha value is -6.83. The van der Waals surface area contributed by atoms with Gasteiger partial charge in [-0.05, 0) is 46.8 Å². The zero-order valence-corrected chi connectivity index (χ0v) is 47.4. The molecule has 0 saturated carbocycles. The maximum absolute atomic E-state index is 15.1. The molecule has 0 spiro atoms. The summed E-state index contributed by atoms with van der Waals surface area (Å²) in [4.78, 5) is 34.1. The number of aliphatic hydroxyl groups is 2. The van der Waals surface area contributed by atoms with Crippen molar-refractivity contribution in [2.24, 2.45) is 5.11 Å². The van der Waals surface area contributed by atoms with E-state index in [1.54, 1.807) is 24.3 Å². The lowest BCUT2D eigenvalue weighted by Gasteiger charge is -2.53. The molecule has 4 saturated heterocycles. The van der Waals surface area contributed by atoms with Gasteiger partial charge in [-0.1, -0.05) is 169 Å². The summed E-state index contributed by atoms with van der Waals surface area (Å²) in [5, 5.41) is 27.9. The molecule has 6 aromatic rings. The number of fused-ring (bicyclic) bond motifs is 2. The topological polar surface area (TPSA) is 247 Å². The molecule has 0 unspecified atom stereocenters. The second-order valence-electron chi connectivity index (χ2n) is 21.4. The SMILES string of the molecule is C[C@@H]1O[C@@H](O[C@H]2[C@H](O[C@@H]3O[C@@H]4CO[C@H](c5ccccc5)O[C@@H]4[C@H](O)[C@H]3O)[C@@H](COCc3ccccc3)O[C@@H](OCCOCCN=[N+]=[N-])[C@@H]2N2C(=O)c3ccccc3C2=O)[C@@H](OCc2ccccc2)[C@H](OCc2ccccc2)[C@@H]1OCc1ccccc1. The highest BCUT2D eigenvalue weighted by Gasteiger charge is 2.60. The first-order valence-corrected chi connectivity index (χ1v) is 28.9. The Morgan fingerprint density at radius 3 is 1.66 bits per heavy atom. The first-order chi connectivity index (χ1) is 42.2. The van der Waals surface area contributed by atoms with Crippen molar-refractivity contribution in [3.63, 3.8) is 0 Å². The van der Waals surface area contributed by atoms with E-state index in [-0.39, 0.29) is 77.1 Å². The summed E-state index contributed by atoms with van der Waals surface area (Å²) in [7, 11) is 0. The third-order valence-corrected chi connectivity index (χ3v) is 15.6. The predicted molar refractivity (Wildman–Crippen MR) is 306 cm³/mol. The van der Waals surface area contributed by atoms with Crippen molar-refractivity contribution < 1.29 is 81.4 Å². The van der Waals surface area contributed by atoms with Gasteiger partial charge in [0, 0.05) is 17.0 Å². The van der Waals surface area contributed by atoms with Crippen molar-refractivity contribution >= 4 is 11.8 Å². The van der Waals surface area contributed by atoms with Gasteiger partial charge in [-0.25, -0.2) is 0 Å². The second kappa shape index (κ2) is 29.7. The monoisotopic (exact) mass is 1180 g/mol. The van der Waals surface area contributed by atoms with Crippen LogP contribution in [-0.2, 0) is 88.0 Å². The van der Waals surface area contributed by atoms with Gasteiger partial charge in [-0.15, -0.1) is 0 Å². The Labute approximate surface area is 498 Å². The van der Waals surface area contributed by atoms with Crippen molar-refractivity contribution in [2.75, 3.05) is 39.6 Å². The zero-order valence-electron chi connectivity index (χ0n) is 47.4. The maximum Gasteiger partial charge on any atom is 0.262 e. The molecule has 452 valence electrons. The summed E-state index contributed by atoms with van der Waals surface area (Å²) in [5.74, 6) is -1.37. The van der Waals surface area contributed by atoms with Gasteiger partial charge < -0.3 is 71.8 Å². The van der Waals surface area contributed by atoms with Crippen molar-refractivity contribution in [1.29, 1.82) is 0 Å². The summed E-state index contributed by atoms with van der Waals surface area (Å²) in [6.45, 7) is 1.97. The normalized spacial score (nSPS) is 29.9. The third-order valence-electron chi connectivity index (χ3n) is 15.6. The number of carbonyl (C=O) groups excluding carboxylic acids is 2. The molecule has 4 fully saturated rings. The number of aliphatic hydroxyl groups excluding tert-OH is 2. The zero-order chi connectivity index (χ0) is 59.2. The van der Waals surface area contributed by atoms with E-state index in [0.29, 0.717) is 5.56 Å². The number of rotatable bonds is 26. The summed E-state index contributed by atoms with van der Waals surface area (Å²) in [6.07, 6.45) is -18.7. The van der Waals surface area contributed by atoms with Crippen LogP contribution in [0.5, 0.6) is 0 Å². The van der Waals surface area contributed by atoms with E-state index in [1.807, 2.05) is 159 Å². The van der Waals surface area contributed by atoms with Crippen LogP contribution < -0.4 is 0 Å². The van der Waals surface area contributed by atoms with Crippen LogP contribution in [0.25, 0.3) is 10.4 Å². The van der Waals surface area contributed by atoms with Crippen LogP contribution in [0.2, 0.25) is 0 Å². The molecule has 86 heavy (non-hydrogen) atoms. The third kappa shape index (κ3) is 14.6. The van der Waals surface area contributed by atoms with Crippen LogP contribution >= 0.6 is 0 Å². The summed E-state index contributed by atoms with van der Waals surface area (Å²) in [5.41, 5.74) is 13.3. The van der Waals surface area contributed by atoms with Crippen LogP contribution in [0, 0.1) is 0 Å². The van der Waals surface area contributed by atoms with Crippen LogP contribution in [0.15, 0.2) is 181 Å². The van der Waals surface area contributed by atoms with Gasteiger partial charge in [0.1, 0.15) is 67.1 Å². The van der Waals surface area contributed by atoms with Crippen LogP contribution in [0.4, 0.5) is 0 Å². The molecule has 21 heteroatoms. The first kappa shape index (κ1) is 60.8. The van der Waals surface area contributed by atoms with Crippen molar-refractivity contribution in [3.05, 3.63) is 225 Å². The molecule has 2 amide bonds. The largest absolute Gasteiger partial charge is 0.387 e. The number of amides is 2. The van der Waals surface area contributed by atoms with E-state index in [1.165, 1.54) is 0 Å². The second-order valence-corrected chi connectivity index (χ2v) is 21.4. The van der Waals surface area contributed by atoms with Gasteiger partial charge in [0.05, 0.1) is 76.7 Å². The molecule has 0 aromatic heterocycles. The van der Waals surface area contributed by atoms with Gasteiger partial charge in [0.2, 0.25) is 0 Å². The summed E-state index contributed by atoms with van der Waals surface area (Å²) >= 11 is 0. The highest BCUT2D eigenvalue weighted by molar-refractivity contribution is 6.21. The Bertz CT molecular complexity index is 3100. The van der Waals surface area contributed by atoms with Gasteiger partial charge in [-0.2, -0.15) is 0 Å². The molecular weight excluding hydrogens is 1110 g/mol. The number of nitrogens with zero attached hydrogens (tertiary/aromatic N) is 4. The van der Waals surface area contributed by atoms with E-state index >= 15 is 9.59 Å². The molecule has 21 nitrogen and oxygen atoms in total. The van der Waals surface area contributed by atoms with Crippen LogP contribution in [0.1, 0.15) is 61.7 Å². The quantitative estimate of drug-likeness (QED) is 0.0173. The predicted octanol–water partition coefficient (Wildman–Crippen LogP) is 7.77. The molecule has 16 atom stereocenters. The Balaban J connectivity index is 1.01. The Morgan fingerprint density at radius 1 is 0.535 bits per heavy atom. The first-order valence-electron chi connectivity index (χ1n) is 28.9.